The Kier molecular flexibility index (Phi) is 5.21. The molecule has 3 rings (SSSR count). The molecule has 6 heteroatoms. The van der Waals surface area contributed by atoms with Gasteiger partial charge in [-0.15, -0.1) is 11.3 Å². The highest BCUT2D eigenvalue weighted by Crippen LogP contribution is 2.38. The average Bonchev–Trinajstić information content (AvgIpc) is 2.73. The van der Waals surface area contributed by atoms with E-state index in [-0.39, 0.29) is 5.75 Å². The second-order valence-corrected chi connectivity index (χ2v) is 6.61. The number of hydrogen-bond donors (Lipinski definition) is 0. The van der Waals surface area contributed by atoms with E-state index in [1.807, 2.05) is 0 Å². The number of rotatable bonds is 4. The van der Waals surface area contributed by atoms with Crippen LogP contribution in [-0.4, -0.2) is 12.8 Å². The van der Waals surface area contributed by atoms with Gasteiger partial charge in [-0.2, -0.15) is 14.0 Å². The van der Waals surface area contributed by atoms with Crippen LogP contribution in [0.2, 0.25) is 0 Å². The number of ether oxygens (including phenoxy) is 1. The summed E-state index contributed by atoms with van der Waals surface area (Å²) >= 11 is 1.53. The van der Waals surface area contributed by atoms with Crippen LogP contribution in [0.25, 0.3) is 0 Å². The number of hydrogen-bond acceptors (Lipinski definition) is 4. The molecular weight excluding hydrogens is 330 g/mol. The third-order valence-electron chi connectivity index (χ3n) is 3.97. The van der Waals surface area contributed by atoms with Crippen LogP contribution < -0.4 is 4.74 Å². The van der Waals surface area contributed by atoms with Crippen molar-refractivity contribution >= 4 is 22.6 Å². The molecule has 0 spiro atoms. The van der Waals surface area contributed by atoms with Gasteiger partial charge in [0.15, 0.2) is 0 Å². The first-order chi connectivity index (χ1) is 11.7. The maximum absolute atomic E-state index is 12.5. The van der Waals surface area contributed by atoms with Crippen LogP contribution in [0, 0.1) is 11.3 Å². The number of aryl methyl sites for hydroxylation is 1. The third-order valence-corrected chi connectivity index (χ3v) is 5.17. The molecule has 1 heterocycles. The van der Waals surface area contributed by atoms with E-state index in [1.54, 1.807) is 18.2 Å². The average molecular weight is 346 g/mol. The van der Waals surface area contributed by atoms with Gasteiger partial charge in [-0.1, -0.05) is 18.6 Å². The van der Waals surface area contributed by atoms with Crippen LogP contribution in [0.1, 0.15) is 40.8 Å². The summed E-state index contributed by atoms with van der Waals surface area (Å²) in [7, 11) is 0. The molecule has 0 amide bonds. The van der Waals surface area contributed by atoms with Gasteiger partial charge in [0, 0.05) is 16.7 Å². The molecule has 1 aliphatic carbocycles. The quantitative estimate of drug-likeness (QED) is 0.561. The van der Waals surface area contributed by atoms with E-state index in [0.717, 1.165) is 31.2 Å². The van der Waals surface area contributed by atoms with Crippen molar-refractivity contribution in [3.05, 3.63) is 45.8 Å². The fourth-order valence-electron chi connectivity index (χ4n) is 2.85. The Morgan fingerprint density at radius 1 is 1.21 bits per heavy atom. The highest BCUT2D eigenvalue weighted by Gasteiger charge is 2.19. The summed E-state index contributed by atoms with van der Waals surface area (Å²) < 4.78 is 29.4. The summed E-state index contributed by atoms with van der Waals surface area (Å²) in [5.74, 6) is 0.0767. The predicted octanol–water partition coefficient (Wildman–Crippen LogP) is 5.24. The van der Waals surface area contributed by atoms with E-state index in [9.17, 15) is 14.0 Å². The summed E-state index contributed by atoms with van der Waals surface area (Å²) in [4.78, 5) is 5.63. The van der Waals surface area contributed by atoms with Crippen LogP contribution in [0.4, 0.5) is 13.8 Å². The van der Waals surface area contributed by atoms with Crippen LogP contribution in [0.3, 0.4) is 0 Å². The van der Waals surface area contributed by atoms with Gasteiger partial charge >= 0.3 is 6.61 Å². The largest absolute Gasteiger partial charge is 0.434 e. The van der Waals surface area contributed by atoms with Crippen molar-refractivity contribution in [2.45, 2.75) is 38.7 Å². The molecular formula is C18H16F2N2OS. The first kappa shape index (κ1) is 16.6. The highest BCUT2D eigenvalue weighted by molar-refractivity contribution is 7.16. The minimum absolute atomic E-state index is 0.0767. The molecule has 124 valence electrons. The van der Waals surface area contributed by atoms with Gasteiger partial charge < -0.3 is 4.74 Å². The second kappa shape index (κ2) is 7.54. The standard InChI is InChI=1S/C18H16F2N2OS/c19-18(20)23-15-8-5-4-6-12(15)11-22-17-14(10-21)13-7-2-1-3-9-16(13)24-17/h4-6,8,11,18H,1-3,7,9H2/b22-11+. The van der Waals surface area contributed by atoms with Gasteiger partial charge in [0.1, 0.15) is 16.8 Å². The van der Waals surface area contributed by atoms with Crippen molar-refractivity contribution in [2.75, 3.05) is 0 Å². The van der Waals surface area contributed by atoms with Gasteiger partial charge in [-0.05, 0) is 43.4 Å². The van der Waals surface area contributed by atoms with Crippen LogP contribution in [0.15, 0.2) is 29.3 Å². The molecule has 1 aromatic heterocycles. The first-order valence-corrected chi connectivity index (χ1v) is 8.63. The molecule has 0 unspecified atom stereocenters. The van der Waals surface area contributed by atoms with E-state index in [1.165, 1.54) is 34.9 Å². The zero-order valence-corrected chi connectivity index (χ0v) is 13.8. The fourth-order valence-corrected chi connectivity index (χ4v) is 4.04. The molecule has 0 radical (unpaired) electrons. The lowest BCUT2D eigenvalue weighted by molar-refractivity contribution is -0.0499. The van der Waals surface area contributed by atoms with Gasteiger partial charge in [-0.3, -0.25) is 0 Å². The summed E-state index contributed by atoms with van der Waals surface area (Å²) in [6.45, 7) is -2.88. The Balaban J connectivity index is 1.92. The molecule has 1 aromatic carbocycles. The molecule has 0 N–H and O–H groups in total. The molecule has 2 aromatic rings. The number of nitrogens with zero attached hydrogens (tertiary/aromatic N) is 2. The predicted molar refractivity (Wildman–Crippen MR) is 90.6 cm³/mol. The Labute approximate surface area is 143 Å². The first-order valence-electron chi connectivity index (χ1n) is 7.81. The summed E-state index contributed by atoms with van der Waals surface area (Å²) in [6, 6.07) is 8.75. The lowest BCUT2D eigenvalue weighted by atomic mass is 10.1. The molecule has 3 nitrogen and oxygen atoms in total. The van der Waals surface area contributed by atoms with E-state index in [0.29, 0.717) is 16.1 Å². The number of fused-ring (bicyclic) bond motifs is 1. The zero-order valence-electron chi connectivity index (χ0n) is 13.0. The molecule has 0 saturated heterocycles. The minimum Gasteiger partial charge on any atom is -0.434 e. The Bertz CT molecular complexity index is 793. The maximum atomic E-state index is 12.5. The number of alkyl halides is 2. The van der Waals surface area contributed by atoms with Gasteiger partial charge in [0.25, 0.3) is 0 Å². The van der Waals surface area contributed by atoms with Crippen LogP contribution >= 0.6 is 11.3 Å². The van der Waals surface area contributed by atoms with Gasteiger partial charge in [-0.25, -0.2) is 4.99 Å². The normalized spacial score (nSPS) is 14.4. The molecule has 0 atom stereocenters. The monoisotopic (exact) mass is 346 g/mol. The Morgan fingerprint density at radius 3 is 2.79 bits per heavy atom. The summed E-state index contributed by atoms with van der Waals surface area (Å²) in [5, 5.41) is 10.1. The number of aliphatic imine (C=N–C) groups is 1. The van der Waals surface area contributed by atoms with Crippen molar-refractivity contribution < 1.29 is 13.5 Å². The van der Waals surface area contributed by atoms with E-state index in [2.05, 4.69) is 15.8 Å². The van der Waals surface area contributed by atoms with Crippen LogP contribution in [-0.2, 0) is 12.8 Å². The summed E-state index contributed by atoms with van der Waals surface area (Å²) in [5.41, 5.74) is 2.20. The van der Waals surface area contributed by atoms with Crippen molar-refractivity contribution in [3.8, 4) is 11.8 Å². The third kappa shape index (κ3) is 3.62. The lowest BCUT2D eigenvalue weighted by Crippen LogP contribution is -2.03. The molecule has 1 aliphatic rings. The SMILES string of the molecule is N#Cc1c(/N=C/c2ccccc2OC(F)F)sc2c1CCCCC2. The smallest absolute Gasteiger partial charge is 0.387 e. The maximum Gasteiger partial charge on any atom is 0.387 e. The highest BCUT2D eigenvalue weighted by atomic mass is 32.1. The molecule has 0 bridgehead atoms. The van der Waals surface area contributed by atoms with Crippen molar-refractivity contribution in [2.24, 2.45) is 4.99 Å². The van der Waals surface area contributed by atoms with Gasteiger partial charge in [0.2, 0.25) is 0 Å². The number of thiophene rings is 1. The number of benzene rings is 1. The topological polar surface area (TPSA) is 45.4 Å². The van der Waals surface area contributed by atoms with Gasteiger partial charge in [0.05, 0.1) is 5.56 Å². The molecule has 24 heavy (non-hydrogen) atoms. The zero-order chi connectivity index (χ0) is 16.9. The van der Waals surface area contributed by atoms with Crippen molar-refractivity contribution in [1.82, 2.24) is 0 Å². The number of halogens is 2. The summed E-state index contributed by atoms with van der Waals surface area (Å²) in [6.07, 6.45) is 6.79. The second-order valence-electron chi connectivity index (χ2n) is 5.53. The van der Waals surface area contributed by atoms with Crippen LogP contribution in [0.5, 0.6) is 5.75 Å². The molecule has 0 aliphatic heterocycles. The van der Waals surface area contributed by atoms with Crippen molar-refractivity contribution in [3.63, 3.8) is 0 Å². The Hall–Kier alpha value is -2.26. The van der Waals surface area contributed by atoms with E-state index in [4.69, 9.17) is 0 Å². The fraction of sp³-hybridized carbons (Fsp3) is 0.333. The number of nitriles is 1. The van der Waals surface area contributed by atoms with E-state index >= 15 is 0 Å². The Morgan fingerprint density at radius 2 is 2.00 bits per heavy atom. The molecule has 0 saturated carbocycles. The molecule has 0 fully saturated rings. The van der Waals surface area contributed by atoms with Crippen molar-refractivity contribution in [1.29, 1.82) is 5.26 Å². The number of para-hydroxylation sites is 1. The minimum atomic E-state index is -2.88. The van der Waals surface area contributed by atoms with E-state index < -0.39 is 6.61 Å². The lowest BCUT2D eigenvalue weighted by Gasteiger charge is -2.06.